The topological polar surface area (TPSA) is 43.2 Å². The molecule has 7 aromatic carbocycles. The molecule has 0 bridgehead atoms. The number of nitrogens with zero attached hydrogens (tertiary/aromatic N) is 4. The van der Waals surface area contributed by atoms with Gasteiger partial charge in [-0.3, -0.25) is 0 Å². The molecule has 236 valence electrons. The Hall–Kier alpha value is -6.50. The molecule has 2 aromatic heterocycles. The predicted molar refractivity (Wildman–Crippen MR) is 205 cm³/mol. The Morgan fingerprint density at radius 3 is 1.86 bits per heavy atom. The normalized spacial score (nSPS) is 12.1. The molecular weight excluding hydrogens is 633 g/mol. The molecule has 0 saturated carbocycles. The lowest BCUT2D eigenvalue weighted by molar-refractivity contribution is 0.477. The van der Waals surface area contributed by atoms with E-state index in [9.17, 15) is 0 Å². The maximum Gasteiger partial charge on any atom is 0.173 e. The van der Waals surface area contributed by atoms with Crippen molar-refractivity contribution >= 4 is 50.4 Å². The van der Waals surface area contributed by atoms with Gasteiger partial charge >= 0.3 is 0 Å². The minimum absolute atomic E-state index is 0.727. The summed E-state index contributed by atoms with van der Waals surface area (Å²) in [6.07, 6.45) is 0. The fourth-order valence-corrected chi connectivity index (χ4v) is 7.80. The van der Waals surface area contributed by atoms with Crippen LogP contribution in [0.3, 0.4) is 0 Å². The number of rotatable bonds is 5. The molecule has 6 heteroatoms. The highest BCUT2D eigenvalue weighted by molar-refractivity contribution is 7.09. The minimum atomic E-state index is 0.727. The van der Waals surface area contributed by atoms with Gasteiger partial charge in [-0.05, 0) is 108 Å². The summed E-state index contributed by atoms with van der Waals surface area (Å²) in [5, 5.41) is 3.39. The average molecular weight is 661 g/mol. The van der Waals surface area contributed by atoms with Gasteiger partial charge in [-0.2, -0.15) is 4.37 Å². The Morgan fingerprint density at radius 2 is 1.10 bits per heavy atom. The molecule has 0 spiro atoms. The van der Waals surface area contributed by atoms with Crippen LogP contribution in [0, 0.1) is 0 Å². The van der Waals surface area contributed by atoms with Crippen molar-refractivity contribution in [1.29, 1.82) is 0 Å². The molecule has 0 N–H and O–H groups in total. The van der Waals surface area contributed by atoms with Crippen LogP contribution in [0.5, 0.6) is 11.5 Å². The summed E-state index contributed by atoms with van der Waals surface area (Å²) in [6.45, 7) is 0. The monoisotopic (exact) mass is 660 g/mol. The molecule has 0 atom stereocenters. The van der Waals surface area contributed by atoms with Gasteiger partial charge in [0.2, 0.25) is 0 Å². The summed E-state index contributed by atoms with van der Waals surface area (Å²) in [4.78, 5) is 7.21. The first-order chi connectivity index (χ1) is 24.8. The third kappa shape index (κ3) is 4.61. The van der Waals surface area contributed by atoms with Crippen LogP contribution in [0.2, 0.25) is 0 Å². The van der Waals surface area contributed by atoms with Gasteiger partial charge in [-0.15, -0.1) is 0 Å². The number of hydrogen-bond acceptors (Lipinski definition) is 5. The van der Waals surface area contributed by atoms with Crippen molar-refractivity contribution < 1.29 is 4.74 Å². The largest absolute Gasteiger partial charge is 0.453 e. The average Bonchev–Trinajstić information content (AvgIpc) is 3.81. The van der Waals surface area contributed by atoms with Gasteiger partial charge in [0.15, 0.2) is 17.3 Å². The van der Waals surface area contributed by atoms with Gasteiger partial charge in [-0.25, -0.2) is 4.98 Å². The summed E-state index contributed by atoms with van der Waals surface area (Å²) in [5.74, 6) is 2.40. The molecule has 50 heavy (non-hydrogen) atoms. The van der Waals surface area contributed by atoms with Crippen molar-refractivity contribution in [3.63, 3.8) is 0 Å². The Balaban J connectivity index is 0.969. The van der Waals surface area contributed by atoms with E-state index in [1.807, 2.05) is 36.4 Å². The van der Waals surface area contributed by atoms with Crippen LogP contribution in [0.15, 0.2) is 170 Å². The van der Waals surface area contributed by atoms with E-state index in [1.165, 1.54) is 44.5 Å². The van der Waals surface area contributed by atoms with Crippen LogP contribution >= 0.6 is 11.5 Å². The van der Waals surface area contributed by atoms with E-state index in [-0.39, 0.29) is 0 Å². The molecule has 9 aromatic rings. The highest BCUT2D eigenvalue weighted by atomic mass is 32.1. The SMILES string of the molecule is c1ccc(-c2cccc3c2c2ccccc2n3-c2ccc(-c3nsc(-c4ccc(N5c6ccccc6Oc6ccccc65)cc4)n3)cc2)cc1. The lowest BCUT2D eigenvalue weighted by Gasteiger charge is -2.32. The fourth-order valence-electron chi connectivity index (χ4n) is 7.11. The summed E-state index contributed by atoms with van der Waals surface area (Å²) < 4.78 is 13.3. The summed E-state index contributed by atoms with van der Waals surface area (Å²) in [5.41, 5.74) is 11.0. The van der Waals surface area contributed by atoms with Gasteiger partial charge in [0.25, 0.3) is 0 Å². The molecule has 0 radical (unpaired) electrons. The predicted octanol–water partition coefficient (Wildman–Crippen LogP) is 12.2. The summed E-state index contributed by atoms with van der Waals surface area (Å²) in [7, 11) is 0. The Kier molecular flexibility index (Phi) is 6.60. The van der Waals surface area contributed by atoms with Crippen molar-refractivity contribution in [2.75, 3.05) is 4.90 Å². The second-order valence-corrected chi connectivity index (χ2v) is 13.1. The van der Waals surface area contributed by atoms with Crippen LogP contribution in [0.4, 0.5) is 17.1 Å². The molecule has 0 saturated heterocycles. The number of fused-ring (bicyclic) bond motifs is 5. The second-order valence-electron chi connectivity index (χ2n) is 12.3. The molecule has 0 fully saturated rings. The van der Waals surface area contributed by atoms with E-state index in [0.717, 1.165) is 56.2 Å². The van der Waals surface area contributed by atoms with E-state index in [2.05, 4.69) is 143 Å². The number of anilines is 3. The van der Waals surface area contributed by atoms with Crippen molar-refractivity contribution in [2.24, 2.45) is 0 Å². The van der Waals surface area contributed by atoms with Gasteiger partial charge < -0.3 is 14.2 Å². The van der Waals surface area contributed by atoms with E-state index in [1.54, 1.807) is 0 Å². The number of ether oxygens (including phenoxy) is 1. The van der Waals surface area contributed by atoms with E-state index < -0.39 is 0 Å². The maximum absolute atomic E-state index is 6.19. The van der Waals surface area contributed by atoms with Gasteiger partial charge in [-0.1, -0.05) is 84.9 Å². The number of hydrogen-bond donors (Lipinski definition) is 0. The van der Waals surface area contributed by atoms with Crippen molar-refractivity contribution in [3.05, 3.63) is 170 Å². The third-order valence-corrected chi connectivity index (χ3v) is 10.2. The van der Waals surface area contributed by atoms with E-state index in [0.29, 0.717) is 0 Å². The van der Waals surface area contributed by atoms with Crippen LogP contribution in [-0.4, -0.2) is 13.9 Å². The number of benzene rings is 7. The van der Waals surface area contributed by atoms with Crippen molar-refractivity contribution in [3.8, 4) is 50.3 Å². The second kappa shape index (κ2) is 11.6. The quantitative estimate of drug-likeness (QED) is 0.184. The zero-order chi connectivity index (χ0) is 33.0. The van der Waals surface area contributed by atoms with Crippen LogP contribution in [-0.2, 0) is 0 Å². The zero-order valence-electron chi connectivity index (χ0n) is 26.8. The first-order valence-corrected chi connectivity index (χ1v) is 17.4. The first kappa shape index (κ1) is 28.5. The Morgan fingerprint density at radius 1 is 0.480 bits per heavy atom. The van der Waals surface area contributed by atoms with Gasteiger partial charge in [0.1, 0.15) is 5.01 Å². The van der Waals surface area contributed by atoms with Crippen LogP contribution < -0.4 is 9.64 Å². The molecule has 0 unspecified atom stereocenters. The molecule has 1 aliphatic rings. The lowest BCUT2D eigenvalue weighted by atomic mass is 9.99. The fraction of sp³-hybridized carbons (Fsp3) is 0. The van der Waals surface area contributed by atoms with E-state index in [4.69, 9.17) is 14.1 Å². The molecule has 5 nitrogen and oxygen atoms in total. The maximum atomic E-state index is 6.19. The highest BCUT2D eigenvalue weighted by Crippen LogP contribution is 2.50. The van der Waals surface area contributed by atoms with Crippen molar-refractivity contribution in [2.45, 2.75) is 0 Å². The molecule has 1 aliphatic heterocycles. The standard InChI is InChI=1S/C44H28N4OS/c1-2-11-29(12-3-1)34-14-10-18-39-42(34)35-13-4-5-15-36(35)47(39)32-25-21-30(22-26-32)43-45-44(50-46-43)31-23-27-33(28-24-31)48-37-16-6-8-19-40(37)49-41-20-9-7-17-38(41)48/h1-28H. The van der Waals surface area contributed by atoms with Gasteiger partial charge in [0.05, 0.1) is 22.4 Å². The first-order valence-electron chi connectivity index (χ1n) is 16.6. The molecule has 0 aliphatic carbocycles. The minimum Gasteiger partial charge on any atom is -0.453 e. The zero-order valence-corrected chi connectivity index (χ0v) is 27.6. The molecule has 0 amide bonds. The van der Waals surface area contributed by atoms with Gasteiger partial charge in [0, 0.05) is 33.3 Å². The highest BCUT2D eigenvalue weighted by Gasteiger charge is 2.25. The molecule has 10 rings (SSSR count). The molecular formula is C44H28N4OS. The lowest BCUT2D eigenvalue weighted by Crippen LogP contribution is -2.15. The molecule has 3 heterocycles. The Bertz CT molecular complexity index is 2630. The third-order valence-electron chi connectivity index (χ3n) is 9.40. The smallest absolute Gasteiger partial charge is 0.173 e. The number of aromatic nitrogens is 3. The van der Waals surface area contributed by atoms with Crippen molar-refractivity contribution in [1.82, 2.24) is 13.9 Å². The summed E-state index contributed by atoms with van der Waals surface area (Å²) >= 11 is 1.42. The summed E-state index contributed by atoms with van der Waals surface area (Å²) in [6, 6.07) is 59.3. The number of para-hydroxylation sites is 5. The van der Waals surface area contributed by atoms with E-state index >= 15 is 0 Å². The Labute approximate surface area is 293 Å². The van der Waals surface area contributed by atoms with Crippen LogP contribution in [0.25, 0.3) is 60.6 Å². The van der Waals surface area contributed by atoms with Crippen LogP contribution in [0.1, 0.15) is 0 Å².